The zero-order valence-electron chi connectivity index (χ0n) is 18.8. The van der Waals surface area contributed by atoms with Gasteiger partial charge in [-0.25, -0.2) is 5.01 Å². The molecule has 5 saturated heterocycles. The van der Waals surface area contributed by atoms with E-state index in [1.165, 1.54) is 58.0 Å². The molecular weight excluding hydrogens is 380 g/mol. The van der Waals surface area contributed by atoms with Gasteiger partial charge in [0.15, 0.2) is 0 Å². The van der Waals surface area contributed by atoms with E-state index in [1.807, 2.05) is 0 Å². The highest BCUT2D eigenvalue weighted by molar-refractivity contribution is 4.97. The number of piperidine rings is 1. The molecule has 0 radical (unpaired) electrons. The quantitative estimate of drug-likeness (QED) is 0.707. The third-order valence-corrected chi connectivity index (χ3v) is 7.72. The maximum Gasteiger partial charge on any atom is 0.145 e. The molecule has 0 spiro atoms. The Hall–Kier alpha value is -0.320. The van der Waals surface area contributed by atoms with Gasteiger partial charge in [0.25, 0.3) is 0 Å². The van der Waals surface area contributed by atoms with Gasteiger partial charge in [-0.1, -0.05) is 6.42 Å². The third kappa shape index (κ3) is 4.18. The molecule has 5 aliphatic rings. The van der Waals surface area contributed by atoms with Crippen molar-refractivity contribution < 1.29 is 9.47 Å². The van der Waals surface area contributed by atoms with Crippen LogP contribution >= 0.6 is 0 Å². The minimum absolute atomic E-state index is 0.00162. The summed E-state index contributed by atoms with van der Waals surface area (Å²) in [5.41, 5.74) is 0. The molecule has 30 heavy (non-hydrogen) atoms. The van der Waals surface area contributed by atoms with Crippen molar-refractivity contribution in [3.63, 3.8) is 0 Å². The van der Waals surface area contributed by atoms with Crippen LogP contribution in [-0.2, 0) is 9.47 Å². The number of nitrogens with zero attached hydrogens (tertiary/aromatic N) is 5. The van der Waals surface area contributed by atoms with Crippen LogP contribution in [0.25, 0.3) is 0 Å². The fourth-order valence-corrected chi connectivity index (χ4v) is 6.31. The molecule has 0 aliphatic carbocycles. The summed E-state index contributed by atoms with van der Waals surface area (Å²) in [6, 6.07) is 0. The van der Waals surface area contributed by atoms with E-state index >= 15 is 0 Å². The molecule has 0 aromatic carbocycles. The minimum atomic E-state index is 0.00162. The molecule has 172 valence electrons. The molecular formula is C22H42N6O2. The van der Waals surface area contributed by atoms with E-state index in [1.54, 1.807) is 0 Å². The van der Waals surface area contributed by atoms with Crippen molar-refractivity contribution in [2.75, 3.05) is 78.7 Å². The number of hydrazine groups is 2. The van der Waals surface area contributed by atoms with Crippen molar-refractivity contribution >= 4 is 0 Å². The summed E-state index contributed by atoms with van der Waals surface area (Å²) in [5, 5.41) is 11.5. The first-order valence-electron chi connectivity index (χ1n) is 12.6. The molecule has 8 heteroatoms. The predicted octanol–water partition coefficient (Wildman–Crippen LogP) is 1.12. The van der Waals surface area contributed by atoms with Gasteiger partial charge >= 0.3 is 0 Å². The number of nitrogens with one attached hydrogen (secondary N) is 1. The second-order valence-electron chi connectivity index (χ2n) is 9.49. The fraction of sp³-hybridized carbons (Fsp3) is 1.00. The second kappa shape index (κ2) is 10.1. The van der Waals surface area contributed by atoms with E-state index < -0.39 is 0 Å². The van der Waals surface area contributed by atoms with Crippen LogP contribution < -0.4 is 5.32 Å². The fourth-order valence-electron chi connectivity index (χ4n) is 6.31. The monoisotopic (exact) mass is 422 g/mol. The highest BCUT2D eigenvalue weighted by Gasteiger charge is 2.54. The first-order chi connectivity index (χ1) is 14.9. The molecule has 5 fully saturated rings. The maximum atomic E-state index is 6.43. The van der Waals surface area contributed by atoms with Crippen molar-refractivity contribution in [2.45, 2.75) is 63.4 Å². The van der Waals surface area contributed by atoms with Gasteiger partial charge in [0.05, 0.1) is 13.2 Å². The zero-order valence-corrected chi connectivity index (χ0v) is 18.8. The minimum Gasteiger partial charge on any atom is -0.379 e. The summed E-state index contributed by atoms with van der Waals surface area (Å²) >= 11 is 0. The first-order valence-corrected chi connectivity index (χ1v) is 12.6. The highest BCUT2D eigenvalue weighted by Crippen LogP contribution is 2.41. The zero-order chi connectivity index (χ0) is 20.2. The van der Waals surface area contributed by atoms with Gasteiger partial charge in [0, 0.05) is 65.5 Å². The van der Waals surface area contributed by atoms with Crippen LogP contribution in [0, 0.1) is 0 Å². The first kappa shape index (κ1) is 21.5. The Morgan fingerprint density at radius 3 is 2.23 bits per heavy atom. The third-order valence-electron chi connectivity index (χ3n) is 7.72. The second-order valence-corrected chi connectivity index (χ2v) is 9.49. The number of hydrogen-bond donors (Lipinski definition) is 1. The summed E-state index contributed by atoms with van der Waals surface area (Å²) in [7, 11) is 0. The van der Waals surface area contributed by atoms with Gasteiger partial charge in [-0.2, -0.15) is 5.01 Å². The van der Waals surface area contributed by atoms with Gasteiger partial charge in [0.2, 0.25) is 0 Å². The van der Waals surface area contributed by atoms with Crippen LogP contribution in [0.5, 0.6) is 0 Å². The molecule has 1 N–H and O–H groups in total. The van der Waals surface area contributed by atoms with E-state index in [9.17, 15) is 0 Å². The molecule has 5 aliphatic heterocycles. The summed E-state index contributed by atoms with van der Waals surface area (Å²) < 4.78 is 12.2. The van der Waals surface area contributed by atoms with Gasteiger partial charge in [0.1, 0.15) is 12.0 Å². The topological polar surface area (TPSA) is 46.7 Å². The van der Waals surface area contributed by atoms with Crippen LogP contribution in [0.1, 0.15) is 51.4 Å². The molecule has 0 amide bonds. The van der Waals surface area contributed by atoms with Crippen LogP contribution in [0.2, 0.25) is 0 Å². The standard InChI is InChI=1S/C22H42N6O2/c1-3-11-24(12-4-1)22(25-14-9-23-10-15-25)8-6-13-27(22)28(21-7-2-5-18-30-21)26-16-19-29-20-17-26/h21,23H,1-20H2. The average molecular weight is 423 g/mol. The van der Waals surface area contributed by atoms with Gasteiger partial charge in [-0.3, -0.25) is 9.80 Å². The predicted molar refractivity (Wildman–Crippen MR) is 116 cm³/mol. The normalized spacial score (nSPS) is 36.5. The molecule has 0 aromatic rings. The van der Waals surface area contributed by atoms with E-state index in [0.717, 1.165) is 72.1 Å². The van der Waals surface area contributed by atoms with Gasteiger partial charge < -0.3 is 14.8 Å². The van der Waals surface area contributed by atoms with E-state index in [0.29, 0.717) is 0 Å². The number of ether oxygens (including phenoxy) is 2. The summed E-state index contributed by atoms with van der Waals surface area (Å²) in [6.07, 6.45) is 10.3. The van der Waals surface area contributed by atoms with Gasteiger partial charge in [-0.15, -0.1) is 5.12 Å². The lowest BCUT2D eigenvalue weighted by molar-refractivity contribution is -0.352. The van der Waals surface area contributed by atoms with Gasteiger partial charge in [-0.05, 0) is 44.9 Å². The number of likely N-dealkylation sites (tertiary alicyclic amines) is 1. The Labute approximate surface area is 182 Å². The Morgan fingerprint density at radius 2 is 1.50 bits per heavy atom. The molecule has 0 aromatic heterocycles. The van der Waals surface area contributed by atoms with E-state index in [-0.39, 0.29) is 12.0 Å². The number of morpholine rings is 1. The number of hydrogen-bond acceptors (Lipinski definition) is 8. The Balaban J connectivity index is 1.49. The Bertz CT molecular complexity index is 492. The van der Waals surface area contributed by atoms with Crippen molar-refractivity contribution in [1.82, 2.24) is 30.3 Å². The summed E-state index contributed by atoms with van der Waals surface area (Å²) in [5.74, 6) is 0.00162. The summed E-state index contributed by atoms with van der Waals surface area (Å²) in [4.78, 5) is 5.64. The van der Waals surface area contributed by atoms with Crippen LogP contribution in [0.3, 0.4) is 0 Å². The number of piperazine rings is 1. The molecule has 2 atom stereocenters. The van der Waals surface area contributed by atoms with Crippen LogP contribution in [0.4, 0.5) is 0 Å². The lowest BCUT2D eigenvalue weighted by atomic mass is 10.0. The Morgan fingerprint density at radius 1 is 0.733 bits per heavy atom. The molecule has 0 bridgehead atoms. The van der Waals surface area contributed by atoms with Crippen molar-refractivity contribution in [3.05, 3.63) is 0 Å². The van der Waals surface area contributed by atoms with Crippen molar-refractivity contribution in [2.24, 2.45) is 0 Å². The SMILES string of the molecule is C1CCN(C2(N3CCNCC3)CCCN2N(C2CCCCO2)N2CCOCC2)CC1. The highest BCUT2D eigenvalue weighted by atomic mass is 16.5. The maximum absolute atomic E-state index is 6.43. The smallest absolute Gasteiger partial charge is 0.145 e. The van der Waals surface area contributed by atoms with Crippen LogP contribution in [-0.4, -0.2) is 116 Å². The molecule has 5 heterocycles. The van der Waals surface area contributed by atoms with Crippen molar-refractivity contribution in [1.29, 1.82) is 0 Å². The van der Waals surface area contributed by atoms with E-state index in [2.05, 4.69) is 30.3 Å². The molecule has 0 saturated carbocycles. The average Bonchev–Trinajstić information content (AvgIpc) is 3.27. The molecule has 2 unspecified atom stereocenters. The molecule has 8 nitrogen and oxygen atoms in total. The van der Waals surface area contributed by atoms with Crippen LogP contribution in [0.15, 0.2) is 0 Å². The lowest BCUT2D eigenvalue weighted by Crippen LogP contribution is -2.76. The summed E-state index contributed by atoms with van der Waals surface area (Å²) in [6.45, 7) is 12.5. The van der Waals surface area contributed by atoms with E-state index in [4.69, 9.17) is 9.47 Å². The van der Waals surface area contributed by atoms with Crippen molar-refractivity contribution in [3.8, 4) is 0 Å². The largest absolute Gasteiger partial charge is 0.379 e. The number of rotatable bonds is 5. The lowest BCUT2D eigenvalue weighted by Gasteiger charge is -2.60. The molecule has 5 rings (SSSR count). The Kier molecular flexibility index (Phi) is 7.23.